The van der Waals surface area contributed by atoms with Gasteiger partial charge in [0.05, 0.1) is 13.7 Å². The molecule has 0 bridgehead atoms. The van der Waals surface area contributed by atoms with E-state index in [-0.39, 0.29) is 5.97 Å². The first-order valence-electron chi connectivity index (χ1n) is 8.69. The van der Waals surface area contributed by atoms with Crippen LogP contribution < -0.4 is 10.1 Å². The van der Waals surface area contributed by atoms with Gasteiger partial charge in [0.15, 0.2) is 0 Å². The van der Waals surface area contributed by atoms with Crippen LogP contribution >= 0.6 is 0 Å². The molecule has 2 aromatic rings. The molecular weight excluding hydrogens is 316 g/mol. The second kappa shape index (κ2) is 10.3. The van der Waals surface area contributed by atoms with E-state index in [1.165, 1.54) is 5.56 Å². The van der Waals surface area contributed by atoms with E-state index in [2.05, 4.69) is 10.3 Å². The molecule has 1 aromatic carbocycles. The van der Waals surface area contributed by atoms with Crippen molar-refractivity contribution in [2.24, 2.45) is 0 Å². The second-order valence-electron chi connectivity index (χ2n) is 5.73. The number of aromatic nitrogens is 1. The quantitative estimate of drug-likeness (QED) is 0.523. The van der Waals surface area contributed by atoms with E-state index in [0.717, 1.165) is 36.5 Å². The van der Waals surface area contributed by atoms with Crippen LogP contribution in [-0.4, -0.2) is 24.7 Å². The van der Waals surface area contributed by atoms with E-state index in [1.807, 2.05) is 49.4 Å². The molecule has 0 aliphatic carbocycles. The van der Waals surface area contributed by atoms with Gasteiger partial charge in [-0.05, 0) is 56.0 Å². The topological polar surface area (TPSA) is 60.5 Å². The predicted octanol–water partition coefficient (Wildman–Crippen LogP) is 3.98. The van der Waals surface area contributed by atoms with E-state index in [4.69, 9.17) is 9.47 Å². The molecule has 1 heterocycles. The Bertz CT molecular complexity index is 656. The minimum Gasteiger partial charge on any atom is -0.497 e. The number of hydrogen-bond acceptors (Lipinski definition) is 5. The van der Waals surface area contributed by atoms with Gasteiger partial charge in [-0.1, -0.05) is 18.2 Å². The number of methoxy groups -OCH3 is 1. The fourth-order valence-corrected chi connectivity index (χ4v) is 2.46. The number of carbonyl (C=O) groups is 1. The lowest BCUT2D eigenvalue weighted by Crippen LogP contribution is -2.04. The minimum absolute atomic E-state index is 0.120. The SMILES string of the molecule is CCOC(=O)CCCCc1cccc(NCc2ccc(OC)cc2)n1. The molecule has 0 radical (unpaired) electrons. The number of rotatable bonds is 10. The molecule has 0 fully saturated rings. The molecule has 0 aliphatic heterocycles. The Morgan fingerprint density at radius 3 is 2.64 bits per heavy atom. The summed E-state index contributed by atoms with van der Waals surface area (Å²) in [5, 5.41) is 3.34. The third-order valence-electron chi connectivity index (χ3n) is 3.81. The Labute approximate surface area is 149 Å². The standard InChI is InChI=1S/C20H26N2O3/c1-3-25-20(23)10-5-4-7-17-8-6-9-19(22-17)21-15-16-11-13-18(24-2)14-12-16/h6,8-9,11-14H,3-5,7,10,15H2,1-2H3,(H,21,22). The lowest BCUT2D eigenvalue weighted by atomic mass is 10.1. The highest BCUT2D eigenvalue weighted by molar-refractivity contribution is 5.69. The van der Waals surface area contributed by atoms with Crippen molar-refractivity contribution in [2.45, 2.75) is 39.2 Å². The van der Waals surface area contributed by atoms with Gasteiger partial charge in [0.1, 0.15) is 11.6 Å². The first-order valence-corrected chi connectivity index (χ1v) is 8.69. The van der Waals surface area contributed by atoms with Crippen molar-refractivity contribution in [1.29, 1.82) is 0 Å². The zero-order valence-electron chi connectivity index (χ0n) is 15.0. The average Bonchev–Trinajstić information content (AvgIpc) is 2.64. The van der Waals surface area contributed by atoms with Gasteiger partial charge in [-0.3, -0.25) is 4.79 Å². The van der Waals surface area contributed by atoms with E-state index in [9.17, 15) is 4.79 Å². The van der Waals surface area contributed by atoms with Crippen LogP contribution in [0.4, 0.5) is 5.82 Å². The van der Waals surface area contributed by atoms with Crippen molar-refractivity contribution in [3.05, 3.63) is 53.7 Å². The number of unbranched alkanes of at least 4 members (excludes halogenated alkanes) is 1. The molecular formula is C20H26N2O3. The second-order valence-corrected chi connectivity index (χ2v) is 5.73. The maximum absolute atomic E-state index is 11.3. The molecule has 0 aliphatic rings. The fraction of sp³-hybridized carbons (Fsp3) is 0.400. The maximum Gasteiger partial charge on any atom is 0.305 e. The van der Waals surface area contributed by atoms with Crippen molar-refractivity contribution in [1.82, 2.24) is 4.98 Å². The highest BCUT2D eigenvalue weighted by Crippen LogP contribution is 2.14. The van der Waals surface area contributed by atoms with Crippen LogP contribution in [0.15, 0.2) is 42.5 Å². The van der Waals surface area contributed by atoms with Gasteiger partial charge >= 0.3 is 5.97 Å². The van der Waals surface area contributed by atoms with Gasteiger partial charge in [-0.25, -0.2) is 4.98 Å². The molecule has 0 spiro atoms. The summed E-state index contributed by atoms with van der Waals surface area (Å²) in [7, 11) is 1.66. The summed E-state index contributed by atoms with van der Waals surface area (Å²) in [6.45, 7) is 2.98. The summed E-state index contributed by atoms with van der Waals surface area (Å²) in [6, 6.07) is 13.9. The molecule has 0 amide bonds. The predicted molar refractivity (Wildman–Crippen MR) is 98.7 cm³/mol. The molecule has 25 heavy (non-hydrogen) atoms. The van der Waals surface area contributed by atoms with Gasteiger partial charge in [0.25, 0.3) is 0 Å². The zero-order valence-corrected chi connectivity index (χ0v) is 15.0. The van der Waals surface area contributed by atoms with Crippen molar-refractivity contribution >= 4 is 11.8 Å². The molecule has 2 rings (SSSR count). The maximum atomic E-state index is 11.3. The number of ether oxygens (including phenoxy) is 2. The summed E-state index contributed by atoms with van der Waals surface area (Å²) in [5.74, 6) is 1.59. The number of nitrogens with one attached hydrogen (secondary N) is 1. The molecule has 1 aromatic heterocycles. The largest absolute Gasteiger partial charge is 0.497 e. The lowest BCUT2D eigenvalue weighted by Gasteiger charge is -2.08. The number of anilines is 1. The van der Waals surface area contributed by atoms with Gasteiger partial charge in [0, 0.05) is 18.7 Å². The number of esters is 1. The van der Waals surface area contributed by atoms with Crippen LogP contribution in [0, 0.1) is 0 Å². The van der Waals surface area contributed by atoms with Crippen molar-refractivity contribution in [2.75, 3.05) is 19.0 Å². The summed E-state index contributed by atoms with van der Waals surface area (Å²) in [4.78, 5) is 15.9. The molecule has 134 valence electrons. The highest BCUT2D eigenvalue weighted by Gasteiger charge is 2.03. The Morgan fingerprint density at radius 2 is 1.92 bits per heavy atom. The summed E-state index contributed by atoms with van der Waals surface area (Å²) in [5.41, 5.74) is 2.20. The van der Waals surface area contributed by atoms with E-state index >= 15 is 0 Å². The molecule has 0 unspecified atom stereocenters. The van der Waals surface area contributed by atoms with Crippen LogP contribution in [0.1, 0.15) is 37.4 Å². The van der Waals surface area contributed by atoms with Gasteiger partial charge in [-0.15, -0.1) is 0 Å². The first kappa shape index (κ1) is 18.8. The normalized spacial score (nSPS) is 10.3. The van der Waals surface area contributed by atoms with E-state index in [0.29, 0.717) is 19.6 Å². The fourth-order valence-electron chi connectivity index (χ4n) is 2.46. The third-order valence-corrected chi connectivity index (χ3v) is 3.81. The number of carbonyl (C=O) groups excluding carboxylic acids is 1. The van der Waals surface area contributed by atoms with Crippen LogP contribution in [-0.2, 0) is 22.5 Å². The van der Waals surface area contributed by atoms with Crippen LogP contribution in [0.3, 0.4) is 0 Å². The first-order chi connectivity index (χ1) is 12.2. The third kappa shape index (κ3) is 6.83. The molecule has 0 atom stereocenters. The highest BCUT2D eigenvalue weighted by atomic mass is 16.5. The van der Waals surface area contributed by atoms with Gasteiger partial charge < -0.3 is 14.8 Å². The summed E-state index contributed by atoms with van der Waals surface area (Å²) >= 11 is 0. The molecule has 0 saturated carbocycles. The van der Waals surface area contributed by atoms with Crippen molar-refractivity contribution in [3.8, 4) is 5.75 Å². The Hall–Kier alpha value is -2.56. The Balaban J connectivity index is 1.77. The van der Waals surface area contributed by atoms with Crippen LogP contribution in [0.25, 0.3) is 0 Å². The number of benzene rings is 1. The number of pyridine rings is 1. The van der Waals surface area contributed by atoms with Crippen molar-refractivity contribution in [3.63, 3.8) is 0 Å². The van der Waals surface area contributed by atoms with Crippen LogP contribution in [0.2, 0.25) is 0 Å². The van der Waals surface area contributed by atoms with Gasteiger partial charge in [-0.2, -0.15) is 0 Å². The van der Waals surface area contributed by atoms with E-state index in [1.54, 1.807) is 7.11 Å². The lowest BCUT2D eigenvalue weighted by molar-refractivity contribution is -0.143. The smallest absolute Gasteiger partial charge is 0.305 e. The number of hydrogen-bond donors (Lipinski definition) is 1. The minimum atomic E-state index is -0.120. The molecule has 5 nitrogen and oxygen atoms in total. The molecule has 1 N–H and O–H groups in total. The monoisotopic (exact) mass is 342 g/mol. The number of nitrogens with zero attached hydrogens (tertiary/aromatic N) is 1. The van der Waals surface area contributed by atoms with Crippen molar-refractivity contribution < 1.29 is 14.3 Å². The Kier molecular flexibility index (Phi) is 7.76. The van der Waals surface area contributed by atoms with Crippen LogP contribution in [0.5, 0.6) is 5.75 Å². The molecule has 5 heteroatoms. The van der Waals surface area contributed by atoms with E-state index < -0.39 is 0 Å². The summed E-state index contributed by atoms with van der Waals surface area (Å²) in [6.07, 6.45) is 3.08. The summed E-state index contributed by atoms with van der Waals surface area (Å²) < 4.78 is 10.1. The van der Waals surface area contributed by atoms with Gasteiger partial charge in [0.2, 0.25) is 0 Å². The average molecular weight is 342 g/mol. The zero-order chi connectivity index (χ0) is 17.9. The Morgan fingerprint density at radius 1 is 1.12 bits per heavy atom. The molecule has 0 saturated heterocycles. The number of aryl methyl sites for hydroxylation is 1.